The van der Waals surface area contributed by atoms with Gasteiger partial charge in [-0.25, -0.2) is 0 Å². The number of amides is 2. The lowest BCUT2D eigenvalue weighted by molar-refractivity contribution is -0.114. The van der Waals surface area contributed by atoms with E-state index < -0.39 is 0 Å². The smallest absolute Gasteiger partial charge is 0.260 e. The predicted octanol–water partition coefficient (Wildman–Crippen LogP) is 23.8. The highest BCUT2D eigenvalue weighted by atomic mass is 79.9. The van der Waals surface area contributed by atoms with Gasteiger partial charge in [0.1, 0.15) is 0 Å². The summed E-state index contributed by atoms with van der Waals surface area (Å²) in [7, 11) is 0. The molecule has 10 heteroatoms. The van der Waals surface area contributed by atoms with Crippen LogP contribution in [-0.2, 0) is 9.59 Å². The highest BCUT2D eigenvalue weighted by molar-refractivity contribution is 9.11. The minimum absolute atomic E-state index is 0.148. The van der Waals surface area contributed by atoms with E-state index in [1.54, 1.807) is 45.3 Å². The molecule has 7 rings (SSSR count). The summed E-state index contributed by atoms with van der Waals surface area (Å²) in [6, 6.07) is 13.6. The summed E-state index contributed by atoms with van der Waals surface area (Å²) in [5, 5.41) is 2.05. The van der Waals surface area contributed by atoms with E-state index in [1.165, 1.54) is 276 Å². The van der Waals surface area contributed by atoms with E-state index in [0.717, 1.165) is 63.4 Å². The van der Waals surface area contributed by atoms with Gasteiger partial charge in [0.15, 0.2) is 0 Å². The molecule has 2 amide bonds. The average molecular weight is 1290 g/mol. The number of hydrogen-bond donors (Lipinski definition) is 0. The Morgan fingerprint density at radius 1 is 0.338 bits per heavy atom. The molecular formula is C70H104Br2N2O2S4. The van der Waals surface area contributed by atoms with Crippen molar-refractivity contribution in [1.82, 2.24) is 0 Å². The average Bonchev–Trinajstić information content (AvgIpc) is 4.48. The molecule has 0 bridgehead atoms. The highest BCUT2D eigenvalue weighted by Crippen LogP contribution is 2.43. The number of fused-ring (bicyclic) bond motifs is 4. The number of carbonyl (C=O) groups is 2. The van der Waals surface area contributed by atoms with Crippen LogP contribution in [0.1, 0.15) is 294 Å². The van der Waals surface area contributed by atoms with Crippen LogP contribution in [0.4, 0.5) is 11.4 Å². The monoisotopic (exact) mass is 1290 g/mol. The van der Waals surface area contributed by atoms with Gasteiger partial charge in [-0.15, -0.1) is 45.3 Å². The zero-order valence-electron chi connectivity index (χ0n) is 50.4. The normalized spacial score (nSPS) is 14.3. The van der Waals surface area contributed by atoms with Crippen molar-refractivity contribution in [1.29, 1.82) is 0 Å². The van der Waals surface area contributed by atoms with Crippen molar-refractivity contribution >= 4 is 130 Å². The van der Waals surface area contributed by atoms with Gasteiger partial charge < -0.3 is 9.80 Å². The van der Waals surface area contributed by atoms with Crippen LogP contribution in [0.2, 0.25) is 0 Å². The third-order valence-corrected chi connectivity index (χ3v) is 23.4. The van der Waals surface area contributed by atoms with Gasteiger partial charge in [0.05, 0.1) is 30.1 Å². The number of thiophene rings is 4. The van der Waals surface area contributed by atoms with E-state index >= 15 is 9.59 Å². The standard InChI is InChI=1S/C70H104Br2N2O2S4/c1-5-9-13-17-21-25-27-31-35-39-43-53(41-37-33-29-23-19-15-11-7-3)51-73-57-45-56-58(46-55(57)67(69(73)75)63-47-59-61(77-63)49-65(71)79-59)74(70(76)68(56)64-48-60-62(78-64)50-66(72)80-60)52-54(42-38-34-30-24-20-16-12-8-4)44-40-36-32-28-26-22-18-14-10-6-2/h45-50,53-54H,5-44,51-52H2,1-4H3. The lowest BCUT2D eigenvalue weighted by Crippen LogP contribution is -2.35. The van der Waals surface area contributed by atoms with Gasteiger partial charge in [-0.3, -0.25) is 9.59 Å². The number of anilines is 2. The highest BCUT2D eigenvalue weighted by Gasteiger charge is 2.38. The predicted molar refractivity (Wildman–Crippen MR) is 365 cm³/mol. The van der Waals surface area contributed by atoms with E-state index in [0.29, 0.717) is 11.8 Å². The van der Waals surface area contributed by atoms with Gasteiger partial charge in [0.2, 0.25) is 0 Å². The van der Waals surface area contributed by atoms with E-state index in [4.69, 9.17) is 0 Å². The quantitative estimate of drug-likeness (QED) is 0.0364. The summed E-state index contributed by atoms with van der Waals surface area (Å²) in [5.74, 6) is 1.16. The molecule has 0 saturated heterocycles. The molecular weight excluding hydrogens is 1190 g/mol. The molecule has 0 N–H and O–H groups in total. The zero-order chi connectivity index (χ0) is 56.3. The van der Waals surface area contributed by atoms with Crippen LogP contribution in [0.15, 0.2) is 44.0 Å². The molecule has 6 heterocycles. The summed E-state index contributed by atoms with van der Waals surface area (Å²) in [4.78, 5) is 37.8. The first-order valence-electron chi connectivity index (χ1n) is 33.2. The maximum Gasteiger partial charge on any atom is 0.260 e. The van der Waals surface area contributed by atoms with Gasteiger partial charge in [0.25, 0.3) is 11.8 Å². The Morgan fingerprint density at radius 3 is 0.850 bits per heavy atom. The van der Waals surface area contributed by atoms with Crippen LogP contribution in [0.25, 0.3) is 29.9 Å². The number of unbranched alkanes of at least 4 members (excludes halogenated alkanes) is 32. The third kappa shape index (κ3) is 20.1. The van der Waals surface area contributed by atoms with E-state index in [-0.39, 0.29) is 11.8 Å². The molecule has 0 fully saturated rings. The van der Waals surface area contributed by atoms with Crippen LogP contribution in [0.3, 0.4) is 0 Å². The van der Waals surface area contributed by atoms with Gasteiger partial charge in [-0.2, -0.15) is 0 Å². The maximum absolute atomic E-state index is 15.6. The molecule has 0 saturated carbocycles. The Hall–Kier alpha value is -1.82. The van der Waals surface area contributed by atoms with Gasteiger partial charge in [0, 0.05) is 52.1 Å². The number of rotatable bonds is 46. The summed E-state index contributed by atoms with van der Waals surface area (Å²) in [5.41, 5.74) is 3.69. The topological polar surface area (TPSA) is 40.6 Å². The molecule has 2 atom stereocenters. The van der Waals surface area contributed by atoms with E-state index in [9.17, 15) is 0 Å². The van der Waals surface area contributed by atoms with Crippen molar-refractivity contribution in [2.75, 3.05) is 22.9 Å². The second kappa shape index (κ2) is 36.9. The fourth-order valence-corrected chi connectivity index (χ4v) is 19.1. The van der Waals surface area contributed by atoms with Gasteiger partial charge in [-0.1, -0.05) is 259 Å². The summed E-state index contributed by atoms with van der Waals surface area (Å²) >= 11 is 14.5. The number of hydrogen-bond acceptors (Lipinski definition) is 6. The van der Waals surface area contributed by atoms with Crippen LogP contribution in [0.5, 0.6) is 0 Å². The fraction of sp³-hybridized carbons (Fsp3) is 0.686. The molecule has 2 unspecified atom stereocenters. The molecule has 0 radical (unpaired) electrons. The Morgan fingerprint density at radius 2 is 0.588 bits per heavy atom. The van der Waals surface area contributed by atoms with Crippen molar-refractivity contribution in [3.63, 3.8) is 0 Å². The molecule has 80 heavy (non-hydrogen) atoms. The molecule has 1 aromatic carbocycles. The lowest BCUT2D eigenvalue weighted by atomic mass is 9.93. The van der Waals surface area contributed by atoms with Crippen molar-refractivity contribution in [3.8, 4) is 0 Å². The Labute approximate surface area is 519 Å². The largest absolute Gasteiger partial charge is 0.307 e. The second-order valence-electron chi connectivity index (χ2n) is 24.4. The summed E-state index contributed by atoms with van der Waals surface area (Å²) in [6.45, 7) is 10.7. The fourth-order valence-electron chi connectivity index (χ4n) is 13.0. The number of carbonyl (C=O) groups excluding carboxylic acids is 2. The van der Waals surface area contributed by atoms with Crippen molar-refractivity contribution in [3.05, 3.63) is 64.2 Å². The zero-order valence-corrected chi connectivity index (χ0v) is 56.9. The number of nitrogens with zero attached hydrogens (tertiary/aromatic N) is 2. The number of benzene rings is 1. The Kier molecular flexibility index (Phi) is 30.3. The van der Waals surface area contributed by atoms with Crippen LogP contribution in [-0.4, -0.2) is 24.9 Å². The molecule has 4 nitrogen and oxygen atoms in total. The van der Waals surface area contributed by atoms with Crippen LogP contribution >= 0.6 is 77.2 Å². The number of halogens is 2. The minimum atomic E-state index is 0.148. The molecule has 0 aliphatic carbocycles. The molecule has 444 valence electrons. The van der Waals surface area contributed by atoms with Gasteiger partial charge in [-0.05, 0) is 106 Å². The van der Waals surface area contributed by atoms with Crippen LogP contribution < -0.4 is 20.2 Å². The Bertz CT molecular complexity index is 2480. The molecule has 0 spiro atoms. The summed E-state index contributed by atoms with van der Waals surface area (Å²) < 4.78 is 7.14. The molecule has 2 aliphatic heterocycles. The molecule has 4 aromatic heterocycles. The van der Waals surface area contributed by atoms with Crippen molar-refractivity contribution in [2.45, 2.75) is 285 Å². The van der Waals surface area contributed by atoms with E-state index in [1.807, 2.05) is 0 Å². The minimum Gasteiger partial charge on any atom is -0.307 e. The lowest BCUT2D eigenvalue weighted by Gasteiger charge is -2.27. The molecule has 2 aliphatic rings. The Balaban J connectivity index is 1.19. The maximum atomic E-state index is 15.6. The van der Waals surface area contributed by atoms with Gasteiger partial charge >= 0.3 is 0 Å². The van der Waals surface area contributed by atoms with Crippen molar-refractivity contribution in [2.24, 2.45) is 11.8 Å². The third-order valence-electron chi connectivity index (χ3n) is 17.7. The van der Waals surface area contributed by atoms with Crippen LogP contribution in [0, 0.1) is 11.8 Å². The van der Waals surface area contributed by atoms with Crippen molar-refractivity contribution < 1.29 is 9.59 Å². The first kappa shape index (κ1) is 65.7. The van der Waals surface area contributed by atoms with E-state index in [2.05, 4.69) is 106 Å². The first-order chi connectivity index (χ1) is 39.2. The second-order valence-corrected chi connectivity index (χ2v) is 31.5. The summed E-state index contributed by atoms with van der Waals surface area (Å²) in [6.07, 6.45) is 52.5. The first-order valence-corrected chi connectivity index (χ1v) is 38.0. The molecule has 5 aromatic rings. The SMILES string of the molecule is CCCCCCCCCCCCC(CCCCCCCCCC)CN1C(=O)C(c2cc3sc(Br)cc3s2)=c2cc3c(cc21)=C(c1cc2sc(Br)cc2s1)C(=O)N3CC(CCCCCCCCCC)CCCCCCCCCCCC.